The number of nitrogens with zero attached hydrogens (tertiary/aromatic N) is 1. The number of unbranched alkanes of at least 4 members (excludes halogenated alkanes) is 1. The molecule has 6 heteroatoms. The van der Waals surface area contributed by atoms with Crippen molar-refractivity contribution in [3.05, 3.63) is 24.3 Å². The van der Waals surface area contributed by atoms with E-state index in [1.165, 1.54) is 4.90 Å². The zero-order chi connectivity index (χ0) is 16.9. The molecule has 1 N–H and O–H groups in total. The van der Waals surface area contributed by atoms with Crippen LogP contribution in [0.2, 0.25) is 0 Å². The topological polar surface area (TPSA) is 60.3 Å². The number of rotatable bonds is 6. The van der Waals surface area contributed by atoms with Crippen molar-refractivity contribution in [3.63, 3.8) is 0 Å². The van der Waals surface area contributed by atoms with Gasteiger partial charge < -0.3 is 14.4 Å². The largest absolute Gasteiger partial charge is 0.494 e. The predicted octanol–water partition coefficient (Wildman–Crippen LogP) is 0.413. The van der Waals surface area contributed by atoms with Gasteiger partial charge in [0.05, 0.1) is 31.9 Å². The fourth-order valence-corrected chi connectivity index (χ4v) is 3.23. The zero-order valence-corrected chi connectivity index (χ0v) is 14.1. The number of benzene rings is 1. The monoisotopic (exact) mass is 333 g/mol. The Bertz CT molecular complexity index is 581. The van der Waals surface area contributed by atoms with Crippen LogP contribution in [0, 0.1) is 0 Å². The lowest BCUT2D eigenvalue weighted by Gasteiger charge is -2.27. The van der Waals surface area contributed by atoms with Crippen LogP contribution in [0.4, 0.5) is 5.69 Å². The van der Waals surface area contributed by atoms with E-state index >= 15 is 0 Å². The Morgan fingerprint density at radius 2 is 1.92 bits per heavy atom. The molecule has 0 unspecified atom stereocenters. The number of imide groups is 1. The Kier molecular flexibility index (Phi) is 5.48. The van der Waals surface area contributed by atoms with E-state index in [1.54, 1.807) is 12.1 Å². The third-order valence-electron chi connectivity index (χ3n) is 4.64. The first-order chi connectivity index (χ1) is 11.7. The lowest BCUT2D eigenvalue weighted by Crippen LogP contribution is -3.18. The van der Waals surface area contributed by atoms with E-state index in [-0.39, 0.29) is 24.3 Å². The number of amides is 2. The maximum atomic E-state index is 12.7. The third-order valence-corrected chi connectivity index (χ3v) is 4.64. The molecular formula is C18H25N2O4+. The number of hydrogen-bond acceptors (Lipinski definition) is 4. The molecular weight excluding hydrogens is 308 g/mol. The summed E-state index contributed by atoms with van der Waals surface area (Å²) in [5.74, 6) is 0.543. The van der Waals surface area contributed by atoms with Gasteiger partial charge in [-0.05, 0) is 30.7 Å². The summed E-state index contributed by atoms with van der Waals surface area (Å²) in [6.45, 7) is 5.65. The Balaban J connectivity index is 1.67. The van der Waals surface area contributed by atoms with Crippen molar-refractivity contribution in [1.82, 2.24) is 0 Å². The SMILES string of the molecule is CCCCOc1ccc(N2C(=O)C[C@H]([NH+]3CCOCC3)C2=O)cc1. The molecule has 130 valence electrons. The van der Waals surface area contributed by atoms with Crippen LogP contribution in [0.15, 0.2) is 24.3 Å². The third kappa shape index (κ3) is 3.60. The van der Waals surface area contributed by atoms with E-state index in [0.29, 0.717) is 25.5 Å². The molecule has 2 heterocycles. The summed E-state index contributed by atoms with van der Waals surface area (Å²) in [4.78, 5) is 27.6. The van der Waals surface area contributed by atoms with Crippen molar-refractivity contribution in [1.29, 1.82) is 0 Å². The van der Waals surface area contributed by atoms with E-state index < -0.39 is 0 Å². The van der Waals surface area contributed by atoms with Gasteiger partial charge in [0.2, 0.25) is 5.91 Å². The van der Waals surface area contributed by atoms with Crippen molar-refractivity contribution >= 4 is 17.5 Å². The molecule has 2 aliphatic rings. The highest BCUT2D eigenvalue weighted by Crippen LogP contribution is 2.24. The van der Waals surface area contributed by atoms with Gasteiger partial charge in [-0.15, -0.1) is 0 Å². The van der Waals surface area contributed by atoms with Crippen LogP contribution < -0.4 is 14.5 Å². The van der Waals surface area contributed by atoms with E-state index in [4.69, 9.17) is 9.47 Å². The van der Waals surface area contributed by atoms with Crippen molar-refractivity contribution < 1.29 is 24.0 Å². The molecule has 0 radical (unpaired) electrons. The Labute approximate surface area is 142 Å². The quantitative estimate of drug-likeness (QED) is 0.605. The minimum atomic E-state index is -0.276. The van der Waals surface area contributed by atoms with E-state index in [2.05, 4.69) is 6.92 Å². The average Bonchev–Trinajstić information content (AvgIpc) is 2.91. The lowest BCUT2D eigenvalue weighted by atomic mass is 10.2. The first-order valence-corrected chi connectivity index (χ1v) is 8.72. The maximum absolute atomic E-state index is 12.7. The number of ether oxygens (including phenoxy) is 2. The van der Waals surface area contributed by atoms with Crippen molar-refractivity contribution in [2.45, 2.75) is 32.2 Å². The van der Waals surface area contributed by atoms with Crippen molar-refractivity contribution in [2.75, 3.05) is 37.8 Å². The van der Waals surface area contributed by atoms with Gasteiger partial charge in [-0.1, -0.05) is 13.3 Å². The van der Waals surface area contributed by atoms with Gasteiger partial charge in [-0.25, -0.2) is 4.90 Å². The van der Waals surface area contributed by atoms with Gasteiger partial charge in [0.1, 0.15) is 18.8 Å². The summed E-state index contributed by atoms with van der Waals surface area (Å²) >= 11 is 0. The fraction of sp³-hybridized carbons (Fsp3) is 0.556. The second-order valence-corrected chi connectivity index (χ2v) is 6.29. The molecule has 2 aliphatic heterocycles. The first kappa shape index (κ1) is 16.9. The van der Waals surface area contributed by atoms with Gasteiger partial charge in [-0.2, -0.15) is 0 Å². The van der Waals surface area contributed by atoms with Crippen LogP contribution in [0.25, 0.3) is 0 Å². The van der Waals surface area contributed by atoms with Crippen LogP contribution in [0.3, 0.4) is 0 Å². The predicted molar refractivity (Wildman–Crippen MR) is 89.3 cm³/mol. The molecule has 2 fully saturated rings. The summed E-state index contributed by atoms with van der Waals surface area (Å²) in [7, 11) is 0. The number of hydrogen-bond donors (Lipinski definition) is 1. The summed E-state index contributed by atoms with van der Waals surface area (Å²) in [5, 5.41) is 0. The second kappa shape index (κ2) is 7.77. The Hall–Kier alpha value is -1.92. The number of carbonyl (C=O) groups excluding carboxylic acids is 2. The van der Waals surface area contributed by atoms with Gasteiger partial charge in [0.15, 0.2) is 6.04 Å². The van der Waals surface area contributed by atoms with Gasteiger partial charge in [-0.3, -0.25) is 9.59 Å². The molecule has 0 saturated carbocycles. The molecule has 0 bridgehead atoms. The van der Waals surface area contributed by atoms with Gasteiger partial charge in [0.25, 0.3) is 5.91 Å². The minimum absolute atomic E-state index is 0.100. The summed E-state index contributed by atoms with van der Waals surface area (Å²) < 4.78 is 11.0. The summed E-state index contributed by atoms with van der Waals surface area (Å²) in [6, 6.07) is 6.94. The average molecular weight is 333 g/mol. The summed E-state index contributed by atoms with van der Waals surface area (Å²) in [6.07, 6.45) is 2.37. The molecule has 1 aromatic carbocycles. The van der Waals surface area contributed by atoms with Crippen LogP contribution in [-0.2, 0) is 14.3 Å². The van der Waals surface area contributed by atoms with E-state index in [0.717, 1.165) is 36.6 Å². The highest BCUT2D eigenvalue weighted by molar-refractivity contribution is 6.21. The normalized spacial score (nSPS) is 22.2. The molecule has 3 rings (SSSR count). The van der Waals surface area contributed by atoms with Crippen molar-refractivity contribution in [2.24, 2.45) is 0 Å². The molecule has 0 aliphatic carbocycles. The van der Waals surface area contributed by atoms with Crippen LogP contribution in [0.5, 0.6) is 5.75 Å². The number of anilines is 1. The Morgan fingerprint density at radius 1 is 1.21 bits per heavy atom. The molecule has 2 saturated heterocycles. The Morgan fingerprint density at radius 3 is 2.58 bits per heavy atom. The van der Waals surface area contributed by atoms with Crippen LogP contribution in [-0.4, -0.2) is 50.8 Å². The molecule has 2 amide bonds. The first-order valence-electron chi connectivity index (χ1n) is 8.72. The molecule has 6 nitrogen and oxygen atoms in total. The highest BCUT2D eigenvalue weighted by Gasteiger charge is 2.46. The van der Waals surface area contributed by atoms with Gasteiger partial charge in [0, 0.05) is 0 Å². The van der Waals surface area contributed by atoms with E-state index in [9.17, 15) is 9.59 Å². The van der Waals surface area contributed by atoms with Crippen molar-refractivity contribution in [3.8, 4) is 5.75 Å². The number of morpholine rings is 1. The molecule has 1 atom stereocenters. The van der Waals surface area contributed by atoms with Gasteiger partial charge >= 0.3 is 0 Å². The second-order valence-electron chi connectivity index (χ2n) is 6.29. The van der Waals surface area contributed by atoms with Crippen LogP contribution in [0.1, 0.15) is 26.2 Å². The van der Waals surface area contributed by atoms with E-state index in [1.807, 2.05) is 12.1 Å². The standard InChI is InChI=1S/C18H24N2O4/c1-2-3-10-24-15-6-4-14(5-7-15)20-17(21)13-16(18(20)22)19-8-11-23-12-9-19/h4-7,16H,2-3,8-13H2,1H3/p+1/t16-/m0/s1. The number of nitrogens with one attached hydrogen (secondary N) is 1. The smallest absolute Gasteiger partial charge is 0.292 e. The van der Waals surface area contributed by atoms with Crippen LogP contribution >= 0.6 is 0 Å². The molecule has 0 aromatic heterocycles. The molecule has 0 spiro atoms. The lowest BCUT2D eigenvalue weighted by molar-refractivity contribution is -0.922. The molecule has 1 aromatic rings. The molecule has 24 heavy (non-hydrogen) atoms. The fourth-order valence-electron chi connectivity index (χ4n) is 3.23. The highest BCUT2D eigenvalue weighted by atomic mass is 16.5. The maximum Gasteiger partial charge on any atom is 0.292 e. The zero-order valence-electron chi connectivity index (χ0n) is 14.1. The number of quaternary nitrogens is 1. The summed E-state index contributed by atoms with van der Waals surface area (Å²) in [5.41, 5.74) is 0.628. The minimum Gasteiger partial charge on any atom is -0.494 e. The number of carbonyl (C=O) groups is 2.